The first kappa shape index (κ1) is 10.5. The number of hydrogen-bond acceptors (Lipinski definition) is 4. The zero-order chi connectivity index (χ0) is 10.3. The topological polar surface area (TPSA) is 47.0 Å². The van der Waals surface area contributed by atoms with Crippen LogP contribution in [0.5, 0.6) is 0 Å². The average Bonchev–Trinajstić information content (AvgIpc) is 2.32. The maximum atomic E-state index is 5.62. The second-order valence-electron chi connectivity index (χ2n) is 3.82. The van der Waals surface area contributed by atoms with Gasteiger partial charge in [-0.25, -0.2) is 9.97 Å². The lowest BCUT2D eigenvalue weighted by atomic mass is 10.1. The van der Waals surface area contributed by atoms with Crippen molar-refractivity contribution in [3.63, 3.8) is 0 Å². The second kappa shape index (κ2) is 5.78. The first-order valence-corrected chi connectivity index (χ1v) is 5.52. The molecule has 82 valence electrons. The Morgan fingerprint density at radius 2 is 2.47 bits per heavy atom. The first-order chi connectivity index (χ1) is 7.45. The SMILES string of the molecule is c1cc(CNCC2CCCCO2)ncn1. The van der Waals surface area contributed by atoms with Crippen LogP contribution < -0.4 is 5.32 Å². The summed E-state index contributed by atoms with van der Waals surface area (Å²) in [5, 5.41) is 3.36. The molecule has 0 spiro atoms. The van der Waals surface area contributed by atoms with Crippen LogP contribution in [0.4, 0.5) is 0 Å². The molecule has 2 heterocycles. The van der Waals surface area contributed by atoms with Gasteiger partial charge in [0, 0.05) is 25.9 Å². The van der Waals surface area contributed by atoms with Crippen molar-refractivity contribution in [3.05, 3.63) is 24.3 Å². The highest BCUT2D eigenvalue weighted by molar-refractivity contribution is 4.96. The summed E-state index contributed by atoms with van der Waals surface area (Å²) in [5.74, 6) is 0. The third-order valence-electron chi connectivity index (χ3n) is 2.60. The van der Waals surface area contributed by atoms with Crippen LogP contribution in [0.2, 0.25) is 0 Å². The van der Waals surface area contributed by atoms with E-state index in [0.717, 1.165) is 25.4 Å². The van der Waals surface area contributed by atoms with Crippen LogP contribution in [0.1, 0.15) is 25.0 Å². The van der Waals surface area contributed by atoms with E-state index in [9.17, 15) is 0 Å². The predicted molar refractivity (Wildman–Crippen MR) is 57.3 cm³/mol. The molecule has 0 aromatic carbocycles. The number of hydrogen-bond donors (Lipinski definition) is 1. The summed E-state index contributed by atoms with van der Waals surface area (Å²) in [6.45, 7) is 2.63. The molecule has 0 aliphatic carbocycles. The molecule has 1 N–H and O–H groups in total. The van der Waals surface area contributed by atoms with E-state index in [-0.39, 0.29) is 0 Å². The van der Waals surface area contributed by atoms with Crippen molar-refractivity contribution in [1.82, 2.24) is 15.3 Å². The minimum absolute atomic E-state index is 0.389. The Morgan fingerprint density at radius 1 is 1.47 bits per heavy atom. The Labute approximate surface area is 90.1 Å². The summed E-state index contributed by atoms with van der Waals surface area (Å²) in [6, 6.07) is 1.93. The lowest BCUT2D eigenvalue weighted by molar-refractivity contribution is 0.0167. The van der Waals surface area contributed by atoms with Gasteiger partial charge in [0.25, 0.3) is 0 Å². The van der Waals surface area contributed by atoms with Crippen molar-refractivity contribution in [2.75, 3.05) is 13.2 Å². The summed E-state index contributed by atoms with van der Waals surface area (Å²) < 4.78 is 5.62. The molecular weight excluding hydrogens is 190 g/mol. The van der Waals surface area contributed by atoms with Crippen LogP contribution >= 0.6 is 0 Å². The van der Waals surface area contributed by atoms with E-state index in [2.05, 4.69) is 15.3 Å². The normalized spacial score (nSPS) is 21.5. The van der Waals surface area contributed by atoms with Gasteiger partial charge in [-0.05, 0) is 25.3 Å². The standard InChI is InChI=1S/C11H17N3O/c1-2-6-15-11(3-1)8-13-7-10-4-5-12-9-14-10/h4-5,9,11,13H,1-3,6-8H2. The first-order valence-electron chi connectivity index (χ1n) is 5.52. The van der Waals surface area contributed by atoms with Gasteiger partial charge in [-0.2, -0.15) is 0 Å². The predicted octanol–water partition coefficient (Wildman–Crippen LogP) is 1.14. The minimum atomic E-state index is 0.389. The quantitative estimate of drug-likeness (QED) is 0.804. The number of aromatic nitrogens is 2. The molecule has 1 atom stereocenters. The van der Waals surface area contributed by atoms with E-state index in [1.165, 1.54) is 19.3 Å². The smallest absolute Gasteiger partial charge is 0.115 e. The molecule has 1 unspecified atom stereocenters. The fourth-order valence-electron chi connectivity index (χ4n) is 1.75. The van der Waals surface area contributed by atoms with Crippen molar-refractivity contribution in [3.8, 4) is 0 Å². The Bertz CT molecular complexity index is 272. The molecule has 0 radical (unpaired) electrons. The van der Waals surface area contributed by atoms with Gasteiger partial charge in [-0.1, -0.05) is 0 Å². The summed E-state index contributed by atoms with van der Waals surface area (Å²) in [5.41, 5.74) is 1.03. The molecule has 0 bridgehead atoms. The summed E-state index contributed by atoms with van der Waals surface area (Å²) >= 11 is 0. The molecule has 1 aromatic rings. The van der Waals surface area contributed by atoms with Crippen LogP contribution in [0, 0.1) is 0 Å². The van der Waals surface area contributed by atoms with Crippen LogP contribution in [-0.2, 0) is 11.3 Å². The molecule has 4 nitrogen and oxygen atoms in total. The van der Waals surface area contributed by atoms with Crippen LogP contribution in [0.25, 0.3) is 0 Å². The monoisotopic (exact) mass is 207 g/mol. The van der Waals surface area contributed by atoms with E-state index in [1.807, 2.05) is 6.07 Å². The van der Waals surface area contributed by atoms with Gasteiger partial charge in [-0.3, -0.25) is 0 Å². The molecule has 1 aromatic heterocycles. The molecular formula is C11H17N3O. The summed E-state index contributed by atoms with van der Waals surface area (Å²) in [6.07, 6.45) is 7.41. The second-order valence-corrected chi connectivity index (χ2v) is 3.82. The minimum Gasteiger partial charge on any atom is -0.377 e. The summed E-state index contributed by atoms with van der Waals surface area (Å²) in [4.78, 5) is 8.03. The lowest BCUT2D eigenvalue weighted by Crippen LogP contribution is -2.31. The number of rotatable bonds is 4. The molecule has 0 saturated carbocycles. The maximum Gasteiger partial charge on any atom is 0.115 e. The zero-order valence-corrected chi connectivity index (χ0v) is 8.85. The van der Waals surface area contributed by atoms with Crippen molar-refractivity contribution in [1.29, 1.82) is 0 Å². The van der Waals surface area contributed by atoms with E-state index in [0.29, 0.717) is 6.10 Å². The Morgan fingerprint density at radius 3 is 3.20 bits per heavy atom. The Hall–Kier alpha value is -1.00. The maximum absolute atomic E-state index is 5.62. The van der Waals surface area contributed by atoms with Crippen molar-refractivity contribution >= 4 is 0 Å². The third kappa shape index (κ3) is 3.57. The largest absolute Gasteiger partial charge is 0.377 e. The van der Waals surface area contributed by atoms with Gasteiger partial charge in [0.2, 0.25) is 0 Å². The fourth-order valence-corrected chi connectivity index (χ4v) is 1.75. The molecule has 2 rings (SSSR count). The zero-order valence-electron chi connectivity index (χ0n) is 8.85. The van der Waals surface area contributed by atoms with Gasteiger partial charge >= 0.3 is 0 Å². The highest BCUT2D eigenvalue weighted by Gasteiger charge is 2.12. The number of ether oxygens (including phenoxy) is 1. The van der Waals surface area contributed by atoms with E-state index in [1.54, 1.807) is 12.5 Å². The van der Waals surface area contributed by atoms with Gasteiger partial charge in [-0.15, -0.1) is 0 Å². The molecule has 1 saturated heterocycles. The summed E-state index contributed by atoms with van der Waals surface area (Å²) in [7, 11) is 0. The third-order valence-corrected chi connectivity index (χ3v) is 2.60. The van der Waals surface area contributed by atoms with Crippen LogP contribution in [-0.4, -0.2) is 29.2 Å². The van der Waals surface area contributed by atoms with E-state index < -0.39 is 0 Å². The van der Waals surface area contributed by atoms with E-state index in [4.69, 9.17) is 4.74 Å². The fraction of sp³-hybridized carbons (Fsp3) is 0.636. The van der Waals surface area contributed by atoms with Gasteiger partial charge in [0.15, 0.2) is 0 Å². The molecule has 0 amide bonds. The van der Waals surface area contributed by atoms with Crippen LogP contribution in [0.3, 0.4) is 0 Å². The number of nitrogens with one attached hydrogen (secondary N) is 1. The van der Waals surface area contributed by atoms with Gasteiger partial charge in [0.05, 0.1) is 11.8 Å². The Kier molecular flexibility index (Phi) is 4.05. The van der Waals surface area contributed by atoms with Gasteiger partial charge < -0.3 is 10.1 Å². The van der Waals surface area contributed by atoms with Crippen molar-refractivity contribution < 1.29 is 4.74 Å². The molecule has 1 aliphatic rings. The van der Waals surface area contributed by atoms with E-state index >= 15 is 0 Å². The van der Waals surface area contributed by atoms with Crippen LogP contribution in [0.15, 0.2) is 18.6 Å². The average molecular weight is 207 g/mol. The highest BCUT2D eigenvalue weighted by atomic mass is 16.5. The molecule has 15 heavy (non-hydrogen) atoms. The lowest BCUT2D eigenvalue weighted by Gasteiger charge is -2.22. The Balaban J connectivity index is 1.66. The number of nitrogens with zero attached hydrogens (tertiary/aromatic N) is 2. The molecule has 1 fully saturated rings. The van der Waals surface area contributed by atoms with Gasteiger partial charge in [0.1, 0.15) is 6.33 Å². The van der Waals surface area contributed by atoms with Crippen molar-refractivity contribution in [2.24, 2.45) is 0 Å². The molecule has 4 heteroatoms. The molecule has 1 aliphatic heterocycles. The van der Waals surface area contributed by atoms with Crippen molar-refractivity contribution in [2.45, 2.75) is 31.9 Å². The highest BCUT2D eigenvalue weighted by Crippen LogP contribution is 2.11.